The maximum Gasteiger partial charge on any atom is 0.252 e. The molecule has 0 saturated heterocycles. The number of nitrogens with zero attached hydrogens (tertiary/aromatic N) is 3. The van der Waals surface area contributed by atoms with Gasteiger partial charge in [0.2, 0.25) is 0 Å². The maximum atomic E-state index is 11.8. The number of amides is 1. The number of ether oxygens (including phenoxy) is 1. The molecule has 2 aromatic rings. The van der Waals surface area contributed by atoms with Crippen LogP contribution in [0.2, 0.25) is 0 Å². The van der Waals surface area contributed by atoms with E-state index in [0.29, 0.717) is 11.4 Å². The van der Waals surface area contributed by atoms with E-state index in [1.54, 1.807) is 35.4 Å². The van der Waals surface area contributed by atoms with Crippen molar-refractivity contribution in [2.75, 3.05) is 20.3 Å². The molecule has 7 nitrogen and oxygen atoms in total. The number of aromatic nitrogens is 3. The number of methoxy groups -OCH3 is 1. The molecule has 1 unspecified atom stereocenters. The van der Waals surface area contributed by atoms with Gasteiger partial charge in [-0.3, -0.25) is 9.36 Å². The second-order valence-corrected chi connectivity index (χ2v) is 4.19. The third-order valence-electron chi connectivity index (χ3n) is 2.64. The number of carbonyl (C=O) groups is 1. The smallest absolute Gasteiger partial charge is 0.252 e. The minimum Gasteiger partial charge on any atom is -0.389 e. The summed E-state index contributed by atoms with van der Waals surface area (Å²) in [5, 5.41) is 12.1. The predicted molar refractivity (Wildman–Crippen MR) is 71.6 cm³/mol. The quantitative estimate of drug-likeness (QED) is 0.775. The fourth-order valence-corrected chi connectivity index (χ4v) is 1.63. The largest absolute Gasteiger partial charge is 0.389 e. The minimum atomic E-state index is -0.720. The molecule has 0 spiro atoms. The third kappa shape index (κ3) is 3.62. The van der Waals surface area contributed by atoms with E-state index in [-0.39, 0.29) is 19.1 Å². The van der Waals surface area contributed by atoms with Gasteiger partial charge in [-0.25, -0.2) is 9.97 Å². The van der Waals surface area contributed by atoms with Gasteiger partial charge in [0.15, 0.2) is 0 Å². The number of imidazole rings is 1. The molecule has 2 heterocycles. The highest BCUT2D eigenvalue weighted by atomic mass is 16.5. The summed E-state index contributed by atoms with van der Waals surface area (Å²) in [7, 11) is 1.49. The van der Waals surface area contributed by atoms with Crippen molar-refractivity contribution in [2.45, 2.75) is 6.10 Å². The number of nitrogens with one attached hydrogen (secondary N) is 1. The average Bonchev–Trinajstić information content (AvgIpc) is 2.99. The predicted octanol–water partition coefficient (Wildman–Crippen LogP) is 0.00440. The summed E-state index contributed by atoms with van der Waals surface area (Å²) in [6.45, 7) is 0.314. The van der Waals surface area contributed by atoms with Gasteiger partial charge in [-0.15, -0.1) is 0 Å². The molecule has 2 N–H and O–H groups in total. The summed E-state index contributed by atoms with van der Waals surface area (Å²) < 4.78 is 6.52. The van der Waals surface area contributed by atoms with Crippen LogP contribution in [-0.2, 0) is 4.74 Å². The molecular formula is C13H16N4O3. The van der Waals surface area contributed by atoms with Gasteiger partial charge < -0.3 is 15.2 Å². The lowest BCUT2D eigenvalue weighted by Crippen LogP contribution is -2.34. The Bertz CT molecular complexity index is 539. The van der Waals surface area contributed by atoms with Crippen LogP contribution in [-0.4, -0.2) is 51.9 Å². The van der Waals surface area contributed by atoms with Gasteiger partial charge in [0.1, 0.15) is 12.1 Å². The van der Waals surface area contributed by atoms with Crippen molar-refractivity contribution < 1.29 is 14.6 Å². The van der Waals surface area contributed by atoms with Crippen molar-refractivity contribution >= 4 is 5.91 Å². The van der Waals surface area contributed by atoms with Crippen LogP contribution in [0.5, 0.6) is 0 Å². The van der Waals surface area contributed by atoms with E-state index >= 15 is 0 Å². The lowest BCUT2D eigenvalue weighted by atomic mass is 10.2. The van der Waals surface area contributed by atoms with Crippen molar-refractivity contribution in [1.29, 1.82) is 0 Å². The number of hydrogen-bond donors (Lipinski definition) is 2. The second kappa shape index (κ2) is 6.78. The van der Waals surface area contributed by atoms with E-state index in [4.69, 9.17) is 4.74 Å². The zero-order valence-corrected chi connectivity index (χ0v) is 11.1. The summed E-state index contributed by atoms with van der Waals surface area (Å²) in [4.78, 5) is 19.9. The second-order valence-electron chi connectivity index (χ2n) is 4.19. The first kappa shape index (κ1) is 14.2. The van der Waals surface area contributed by atoms with E-state index < -0.39 is 6.10 Å². The van der Waals surface area contributed by atoms with Gasteiger partial charge >= 0.3 is 0 Å². The first-order chi connectivity index (χ1) is 9.70. The van der Waals surface area contributed by atoms with Crippen molar-refractivity contribution in [3.05, 3.63) is 42.6 Å². The van der Waals surface area contributed by atoms with Crippen LogP contribution in [0.1, 0.15) is 10.4 Å². The van der Waals surface area contributed by atoms with Crippen LogP contribution in [0.15, 0.2) is 37.1 Å². The van der Waals surface area contributed by atoms with Gasteiger partial charge in [0.05, 0.1) is 18.3 Å². The fraction of sp³-hybridized carbons (Fsp3) is 0.308. The van der Waals surface area contributed by atoms with E-state index in [2.05, 4.69) is 15.3 Å². The van der Waals surface area contributed by atoms with E-state index in [9.17, 15) is 9.90 Å². The van der Waals surface area contributed by atoms with Crippen LogP contribution in [0.25, 0.3) is 5.82 Å². The molecule has 106 valence electrons. The molecule has 0 aromatic carbocycles. The molecule has 1 amide bonds. The van der Waals surface area contributed by atoms with Crippen LogP contribution >= 0.6 is 0 Å². The molecule has 0 aliphatic rings. The number of aliphatic hydroxyl groups is 1. The van der Waals surface area contributed by atoms with Gasteiger partial charge in [0, 0.05) is 32.2 Å². The number of rotatable bonds is 6. The number of aliphatic hydroxyl groups excluding tert-OH is 1. The lowest BCUT2D eigenvalue weighted by molar-refractivity contribution is 0.0609. The van der Waals surface area contributed by atoms with Crippen molar-refractivity contribution in [2.24, 2.45) is 0 Å². The number of pyridine rings is 1. The van der Waals surface area contributed by atoms with E-state index in [0.717, 1.165) is 0 Å². The fourth-order valence-electron chi connectivity index (χ4n) is 1.63. The molecule has 0 radical (unpaired) electrons. The number of carbonyl (C=O) groups excluding carboxylic acids is 1. The van der Waals surface area contributed by atoms with Gasteiger partial charge in [0.25, 0.3) is 5.91 Å². The Balaban J connectivity index is 1.94. The Morgan fingerprint density at radius 3 is 3.00 bits per heavy atom. The SMILES string of the molecule is COCC(O)CNC(=O)c1ccc(-n2ccnc2)nc1. The molecule has 0 saturated carbocycles. The molecule has 0 fully saturated rings. The van der Waals surface area contributed by atoms with E-state index in [1.807, 2.05) is 0 Å². The molecule has 2 aromatic heterocycles. The summed E-state index contributed by atoms with van der Waals surface area (Å²) >= 11 is 0. The Labute approximate surface area is 116 Å². The van der Waals surface area contributed by atoms with Gasteiger partial charge in [-0.2, -0.15) is 0 Å². The van der Waals surface area contributed by atoms with Crippen molar-refractivity contribution in [1.82, 2.24) is 19.9 Å². The van der Waals surface area contributed by atoms with Crippen LogP contribution in [0, 0.1) is 0 Å². The van der Waals surface area contributed by atoms with Crippen LogP contribution < -0.4 is 5.32 Å². The average molecular weight is 276 g/mol. The van der Waals surface area contributed by atoms with Crippen molar-refractivity contribution in [3.63, 3.8) is 0 Å². The maximum absolute atomic E-state index is 11.8. The topological polar surface area (TPSA) is 89.3 Å². The highest BCUT2D eigenvalue weighted by Gasteiger charge is 2.09. The summed E-state index contributed by atoms with van der Waals surface area (Å²) in [5.74, 6) is 0.392. The van der Waals surface area contributed by atoms with Crippen LogP contribution in [0.4, 0.5) is 0 Å². The highest BCUT2D eigenvalue weighted by molar-refractivity contribution is 5.93. The first-order valence-corrected chi connectivity index (χ1v) is 6.10. The molecule has 20 heavy (non-hydrogen) atoms. The Kier molecular flexibility index (Phi) is 4.80. The standard InChI is InChI=1S/C13H16N4O3/c1-20-8-11(18)7-16-13(19)10-2-3-12(15-6-10)17-5-4-14-9-17/h2-6,9,11,18H,7-8H2,1H3,(H,16,19). The molecule has 0 aliphatic heterocycles. The monoisotopic (exact) mass is 276 g/mol. The normalized spacial score (nSPS) is 12.1. The zero-order valence-electron chi connectivity index (χ0n) is 11.1. The molecule has 2 rings (SSSR count). The molecule has 1 atom stereocenters. The Morgan fingerprint density at radius 1 is 1.55 bits per heavy atom. The molecule has 7 heteroatoms. The number of hydrogen-bond acceptors (Lipinski definition) is 5. The first-order valence-electron chi connectivity index (χ1n) is 6.10. The van der Waals surface area contributed by atoms with Crippen molar-refractivity contribution in [3.8, 4) is 5.82 Å². The molecule has 0 aliphatic carbocycles. The summed E-state index contributed by atoms with van der Waals surface area (Å²) in [6, 6.07) is 3.39. The zero-order chi connectivity index (χ0) is 14.4. The van der Waals surface area contributed by atoms with Crippen LogP contribution in [0.3, 0.4) is 0 Å². The molecule has 0 bridgehead atoms. The highest BCUT2D eigenvalue weighted by Crippen LogP contribution is 2.05. The van der Waals surface area contributed by atoms with Gasteiger partial charge in [-0.1, -0.05) is 0 Å². The van der Waals surface area contributed by atoms with E-state index in [1.165, 1.54) is 13.3 Å². The summed E-state index contributed by atoms with van der Waals surface area (Å²) in [6.07, 6.45) is 5.81. The Hall–Kier alpha value is -2.25. The minimum absolute atomic E-state index is 0.135. The van der Waals surface area contributed by atoms with Gasteiger partial charge in [-0.05, 0) is 12.1 Å². The lowest BCUT2D eigenvalue weighted by Gasteiger charge is -2.10. The summed E-state index contributed by atoms with van der Waals surface area (Å²) in [5.41, 5.74) is 0.429. The Morgan fingerprint density at radius 2 is 2.40 bits per heavy atom. The third-order valence-corrected chi connectivity index (χ3v) is 2.64. The molecular weight excluding hydrogens is 260 g/mol.